The highest BCUT2D eigenvalue weighted by atomic mass is 16.2. The van der Waals surface area contributed by atoms with Crippen molar-refractivity contribution in [3.8, 4) is 0 Å². The SMILES string of the molecule is CN(C(=O)C1Cc2ccccc2CN1)C1CCN(Cc2ccccc2)CC1. The number of hydrogen-bond donors (Lipinski definition) is 1. The van der Waals surface area contributed by atoms with E-state index >= 15 is 0 Å². The molecule has 2 aromatic rings. The van der Waals surface area contributed by atoms with Crippen molar-refractivity contribution in [1.82, 2.24) is 15.1 Å². The molecule has 1 N–H and O–H groups in total. The average molecular weight is 364 g/mol. The summed E-state index contributed by atoms with van der Waals surface area (Å²) < 4.78 is 0. The number of benzene rings is 2. The highest BCUT2D eigenvalue weighted by Crippen LogP contribution is 2.21. The molecule has 4 rings (SSSR count). The second kappa shape index (κ2) is 8.24. The van der Waals surface area contributed by atoms with Crippen LogP contribution in [0.4, 0.5) is 0 Å². The molecule has 1 fully saturated rings. The van der Waals surface area contributed by atoms with Crippen LogP contribution in [-0.4, -0.2) is 47.9 Å². The van der Waals surface area contributed by atoms with Crippen LogP contribution in [0.3, 0.4) is 0 Å². The number of nitrogens with one attached hydrogen (secondary N) is 1. The normalized spacial score (nSPS) is 20.9. The predicted molar refractivity (Wildman–Crippen MR) is 108 cm³/mol. The van der Waals surface area contributed by atoms with Gasteiger partial charge in [0.2, 0.25) is 5.91 Å². The van der Waals surface area contributed by atoms with Gasteiger partial charge in [0.05, 0.1) is 6.04 Å². The Kier molecular flexibility index (Phi) is 5.55. The van der Waals surface area contributed by atoms with Gasteiger partial charge in [-0.2, -0.15) is 0 Å². The van der Waals surface area contributed by atoms with E-state index in [1.54, 1.807) is 0 Å². The summed E-state index contributed by atoms with van der Waals surface area (Å²) >= 11 is 0. The lowest BCUT2D eigenvalue weighted by Crippen LogP contribution is -2.53. The van der Waals surface area contributed by atoms with E-state index in [9.17, 15) is 4.79 Å². The Morgan fingerprint density at radius 2 is 1.70 bits per heavy atom. The fraction of sp³-hybridized carbons (Fsp3) is 0.435. The van der Waals surface area contributed by atoms with E-state index < -0.39 is 0 Å². The molecule has 2 heterocycles. The zero-order chi connectivity index (χ0) is 18.6. The van der Waals surface area contributed by atoms with Gasteiger partial charge in [0, 0.05) is 39.3 Å². The first kappa shape index (κ1) is 18.2. The standard InChI is InChI=1S/C23H29N3O/c1-25(23(27)22-15-19-9-5-6-10-20(19)16-24-22)21-11-13-26(14-12-21)17-18-7-3-2-4-8-18/h2-10,21-22,24H,11-17H2,1H3. The van der Waals surface area contributed by atoms with E-state index in [0.29, 0.717) is 6.04 Å². The lowest BCUT2D eigenvalue weighted by molar-refractivity contribution is -0.135. The van der Waals surface area contributed by atoms with Crippen molar-refractivity contribution >= 4 is 5.91 Å². The number of carbonyl (C=O) groups excluding carboxylic acids is 1. The second-order valence-corrected chi connectivity index (χ2v) is 7.85. The molecule has 27 heavy (non-hydrogen) atoms. The molecular weight excluding hydrogens is 334 g/mol. The molecule has 0 aliphatic carbocycles. The van der Waals surface area contributed by atoms with Gasteiger partial charge in [-0.3, -0.25) is 9.69 Å². The Labute approximate surface area is 162 Å². The summed E-state index contributed by atoms with van der Waals surface area (Å²) in [5.41, 5.74) is 3.99. The van der Waals surface area contributed by atoms with Crippen molar-refractivity contribution in [2.75, 3.05) is 20.1 Å². The van der Waals surface area contributed by atoms with Crippen molar-refractivity contribution in [1.29, 1.82) is 0 Å². The summed E-state index contributed by atoms with van der Waals surface area (Å²) in [5.74, 6) is 0.242. The molecule has 4 nitrogen and oxygen atoms in total. The summed E-state index contributed by atoms with van der Waals surface area (Å²) in [7, 11) is 1.99. The van der Waals surface area contributed by atoms with Gasteiger partial charge in [0.1, 0.15) is 0 Å². The summed E-state index contributed by atoms with van der Waals surface area (Å²) in [6.45, 7) is 3.90. The van der Waals surface area contributed by atoms with Gasteiger partial charge < -0.3 is 10.2 Å². The topological polar surface area (TPSA) is 35.6 Å². The van der Waals surface area contributed by atoms with Gasteiger partial charge in [-0.05, 0) is 36.0 Å². The molecule has 1 saturated heterocycles. The first-order chi connectivity index (χ1) is 13.2. The number of hydrogen-bond acceptors (Lipinski definition) is 3. The minimum atomic E-state index is -0.0905. The maximum atomic E-state index is 13.0. The van der Waals surface area contributed by atoms with E-state index in [1.807, 2.05) is 11.9 Å². The largest absolute Gasteiger partial charge is 0.341 e. The fourth-order valence-electron chi connectivity index (χ4n) is 4.36. The molecule has 0 saturated carbocycles. The van der Waals surface area contributed by atoms with Gasteiger partial charge in [0.15, 0.2) is 0 Å². The van der Waals surface area contributed by atoms with Crippen LogP contribution in [0.1, 0.15) is 29.5 Å². The molecule has 2 aliphatic rings. The predicted octanol–water partition coefficient (Wildman–Crippen LogP) is 2.82. The number of nitrogens with zero attached hydrogens (tertiary/aromatic N) is 2. The minimum absolute atomic E-state index is 0.0905. The van der Waals surface area contributed by atoms with Gasteiger partial charge in [-0.1, -0.05) is 54.6 Å². The quantitative estimate of drug-likeness (QED) is 0.907. The van der Waals surface area contributed by atoms with Gasteiger partial charge in [0.25, 0.3) is 0 Å². The first-order valence-electron chi connectivity index (χ1n) is 10.0. The van der Waals surface area contributed by atoms with Crippen molar-refractivity contribution in [2.24, 2.45) is 0 Å². The van der Waals surface area contributed by atoms with E-state index in [1.165, 1.54) is 16.7 Å². The molecule has 2 aromatic carbocycles. The zero-order valence-corrected chi connectivity index (χ0v) is 16.1. The second-order valence-electron chi connectivity index (χ2n) is 7.85. The monoisotopic (exact) mass is 363 g/mol. The molecule has 142 valence electrons. The third-order valence-electron chi connectivity index (χ3n) is 6.08. The third kappa shape index (κ3) is 4.23. The summed E-state index contributed by atoms with van der Waals surface area (Å²) in [6, 6.07) is 19.3. The number of amides is 1. The Hall–Kier alpha value is -2.17. The van der Waals surface area contributed by atoms with E-state index in [4.69, 9.17) is 0 Å². The molecule has 0 radical (unpaired) electrons. The Bertz CT molecular complexity index is 768. The molecular formula is C23H29N3O. The Balaban J connectivity index is 1.30. The highest BCUT2D eigenvalue weighted by Gasteiger charge is 2.31. The molecule has 0 bridgehead atoms. The van der Waals surface area contributed by atoms with Crippen molar-refractivity contribution in [3.63, 3.8) is 0 Å². The van der Waals surface area contributed by atoms with Crippen LogP contribution in [0.25, 0.3) is 0 Å². The van der Waals surface area contributed by atoms with Gasteiger partial charge in [-0.15, -0.1) is 0 Å². The van der Waals surface area contributed by atoms with E-state index in [2.05, 4.69) is 64.8 Å². The number of likely N-dealkylation sites (N-methyl/N-ethyl adjacent to an activating group) is 1. The molecule has 0 spiro atoms. The van der Waals surface area contributed by atoms with Crippen LogP contribution in [0.2, 0.25) is 0 Å². The fourth-order valence-corrected chi connectivity index (χ4v) is 4.36. The number of piperidine rings is 1. The molecule has 1 amide bonds. The van der Waals surface area contributed by atoms with Crippen molar-refractivity contribution in [3.05, 3.63) is 71.3 Å². The van der Waals surface area contributed by atoms with Gasteiger partial charge in [-0.25, -0.2) is 0 Å². The van der Waals surface area contributed by atoms with Crippen LogP contribution in [-0.2, 0) is 24.3 Å². The Morgan fingerprint density at radius 1 is 1.04 bits per heavy atom. The lowest BCUT2D eigenvalue weighted by Gasteiger charge is -2.38. The van der Waals surface area contributed by atoms with E-state index in [-0.39, 0.29) is 11.9 Å². The highest BCUT2D eigenvalue weighted by molar-refractivity contribution is 5.82. The lowest BCUT2D eigenvalue weighted by atomic mass is 9.94. The van der Waals surface area contributed by atoms with Crippen LogP contribution < -0.4 is 5.32 Å². The van der Waals surface area contributed by atoms with Crippen LogP contribution >= 0.6 is 0 Å². The summed E-state index contributed by atoms with van der Waals surface area (Å²) in [5, 5.41) is 3.43. The smallest absolute Gasteiger partial charge is 0.240 e. The molecule has 1 atom stereocenters. The summed E-state index contributed by atoms with van der Waals surface area (Å²) in [6.07, 6.45) is 2.91. The van der Waals surface area contributed by atoms with Crippen LogP contribution in [0.5, 0.6) is 0 Å². The molecule has 4 heteroatoms. The van der Waals surface area contributed by atoms with Gasteiger partial charge >= 0.3 is 0 Å². The third-order valence-corrected chi connectivity index (χ3v) is 6.08. The average Bonchev–Trinajstić information content (AvgIpc) is 2.73. The Morgan fingerprint density at radius 3 is 2.44 bits per heavy atom. The van der Waals surface area contributed by atoms with Crippen LogP contribution in [0.15, 0.2) is 54.6 Å². The molecule has 1 unspecified atom stereocenters. The zero-order valence-electron chi connectivity index (χ0n) is 16.1. The summed E-state index contributed by atoms with van der Waals surface area (Å²) in [4.78, 5) is 17.5. The van der Waals surface area contributed by atoms with Crippen molar-refractivity contribution in [2.45, 2.75) is 44.4 Å². The molecule has 0 aromatic heterocycles. The number of fused-ring (bicyclic) bond motifs is 1. The number of likely N-dealkylation sites (tertiary alicyclic amines) is 1. The maximum absolute atomic E-state index is 13.0. The first-order valence-corrected chi connectivity index (χ1v) is 10.0. The van der Waals surface area contributed by atoms with Crippen LogP contribution in [0, 0.1) is 0 Å². The molecule has 2 aliphatic heterocycles. The number of rotatable bonds is 4. The van der Waals surface area contributed by atoms with E-state index in [0.717, 1.165) is 45.4 Å². The number of carbonyl (C=O) groups is 1. The van der Waals surface area contributed by atoms with Crippen molar-refractivity contribution < 1.29 is 4.79 Å². The minimum Gasteiger partial charge on any atom is -0.341 e. The maximum Gasteiger partial charge on any atom is 0.240 e.